The average molecular weight is 517 g/mol. The zero-order valence-corrected chi connectivity index (χ0v) is 21.0. The van der Waals surface area contributed by atoms with Gasteiger partial charge in [-0.05, 0) is 53.4 Å². The van der Waals surface area contributed by atoms with Crippen LogP contribution in [0.4, 0.5) is 5.69 Å². The summed E-state index contributed by atoms with van der Waals surface area (Å²) >= 11 is 12.7. The van der Waals surface area contributed by atoms with Crippen molar-refractivity contribution in [2.75, 3.05) is 4.31 Å². The highest BCUT2D eigenvalue weighted by molar-refractivity contribution is 7.92. The van der Waals surface area contributed by atoms with Crippen molar-refractivity contribution in [1.29, 1.82) is 5.26 Å². The predicted octanol–water partition coefficient (Wildman–Crippen LogP) is 6.26. The van der Waals surface area contributed by atoms with Crippen LogP contribution < -0.4 is 4.31 Å². The van der Waals surface area contributed by atoms with Crippen molar-refractivity contribution in [1.82, 2.24) is 0 Å². The van der Waals surface area contributed by atoms with Gasteiger partial charge in [0.05, 0.1) is 34.3 Å². The molecule has 0 aromatic heterocycles. The molecule has 6 nitrogen and oxygen atoms in total. The van der Waals surface area contributed by atoms with Crippen molar-refractivity contribution in [3.63, 3.8) is 0 Å². The Kier molecular flexibility index (Phi) is 7.27. The number of nitrogens with zero attached hydrogens (tertiary/aromatic N) is 2. The Balaban J connectivity index is 2.37. The largest absolute Gasteiger partial charge is 0.478 e. The van der Waals surface area contributed by atoms with Gasteiger partial charge in [-0.15, -0.1) is 0 Å². The van der Waals surface area contributed by atoms with E-state index in [1.165, 1.54) is 36.4 Å². The minimum atomic E-state index is -4.27. The van der Waals surface area contributed by atoms with Gasteiger partial charge in [0, 0.05) is 15.6 Å². The van der Waals surface area contributed by atoms with Gasteiger partial charge in [-0.3, -0.25) is 4.31 Å². The van der Waals surface area contributed by atoms with Crippen LogP contribution in [0.3, 0.4) is 0 Å². The van der Waals surface area contributed by atoms with Crippen molar-refractivity contribution in [3.8, 4) is 6.07 Å². The SMILES string of the molecule is CC(C)(C)c1c(C(=O)O)cccc1N(Cc1c(Cl)cccc1Cl)S(=O)(=O)c1cccc(C#N)c1. The minimum Gasteiger partial charge on any atom is -0.478 e. The lowest BCUT2D eigenvalue weighted by atomic mass is 9.82. The van der Waals surface area contributed by atoms with E-state index >= 15 is 0 Å². The second kappa shape index (κ2) is 9.67. The lowest BCUT2D eigenvalue weighted by molar-refractivity contribution is 0.0694. The second-order valence-corrected chi connectivity index (χ2v) is 11.3. The monoisotopic (exact) mass is 516 g/mol. The van der Waals surface area contributed by atoms with Crippen LogP contribution >= 0.6 is 23.2 Å². The Morgan fingerprint density at radius 1 is 1.03 bits per heavy atom. The summed E-state index contributed by atoms with van der Waals surface area (Å²) in [6, 6.07) is 16.9. The third-order valence-electron chi connectivity index (χ3n) is 5.21. The maximum atomic E-state index is 14.0. The van der Waals surface area contributed by atoms with Crippen LogP contribution in [0.25, 0.3) is 0 Å². The first-order chi connectivity index (χ1) is 15.9. The number of hydrogen-bond acceptors (Lipinski definition) is 4. The number of nitriles is 1. The molecule has 0 atom stereocenters. The van der Waals surface area contributed by atoms with E-state index < -0.39 is 21.4 Å². The van der Waals surface area contributed by atoms with Crippen LogP contribution in [-0.2, 0) is 22.0 Å². The molecule has 0 aliphatic heterocycles. The Morgan fingerprint density at radius 2 is 1.62 bits per heavy atom. The summed E-state index contributed by atoms with van der Waals surface area (Å²) in [6.07, 6.45) is 0. The second-order valence-electron chi connectivity index (χ2n) is 8.61. The van der Waals surface area contributed by atoms with Crippen molar-refractivity contribution in [2.24, 2.45) is 0 Å². The molecule has 0 amide bonds. The number of halogens is 2. The molecule has 0 unspecified atom stereocenters. The zero-order valence-electron chi connectivity index (χ0n) is 18.7. The van der Waals surface area contributed by atoms with Gasteiger partial charge >= 0.3 is 5.97 Å². The van der Waals surface area contributed by atoms with E-state index in [-0.39, 0.29) is 38.3 Å². The first-order valence-corrected chi connectivity index (χ1v) is 12.4. The fraction of sp³-hybridized carbons (Fsp3) is 0.200. The topological polar surface area (TPSA) is 98.5 Å². The van der Waals surface area contributed by atoms with E-state index in [0.29, 0.717) is 11.1 Å². The Bertz CT molecular complexity index is 1390. The summed E-state index contributed by atoms with van der Waals surface area (Å²) in [6.45, 7) is 5.18. The highest BCUT2D eigenvalue weighted by Crippen LogP contribution is 2.39. The van der Waals surface area contributed by atoms with E-state index in [1.54, 1.807) is 24.3 Å². The van der Waals surface area contributed by atoms with Gasteiger partial charge in [0.15, 0.2) is 0 Å². The standard InChI is InChI=1S/C25H22Cl2N2O4S/c1-25(2,3)23-18(24(30)31)9-5-12-22(23)29(15-19-20(26)10-6-11-21(19)27)34(32,33)17-8-4-7-16(13-17)14-28/h4-13H,15H2,1-3H3,(H,30,31). The van der Waals surface area contributed by atoms with Crippen molar-refractivity contribution >= 4 is 44.9 Å². The van der Waals surface area contributed by atoms with Gasteiger partial charge in [0.25, 0.3) is 10.0 Å². The first kappa shape index (κ1) is 25.6. The zero-order chi connectivity index (χ0) is 25.3. The van der Waals surface area contributed by atoms with Crippen LogP contribution in [0.2, 0.25) is 10.0 Å². The van der Waals surface area contributed by atoms with E-state index in [0.717, 1.165) is 4.31 Å². The summed E-state index contributed by atoms with van der Waals surface area (Å²) in [5.41, 5.74) is 0.327. The number of anilines is 1. The third-order valence-corrected chi connectivity index (χ3v) is 7.67. The van der Waals surface area contributed by atoms with Gasteiger partial charge in [0.1, 0.15) is 0 Å². The summed E-state index contributed by atoms with van der Waals surface area (Å²) in [7, 11) is -4.27. The van der Waals surface area contributed by atoms with Crippen LogP contribution in [0, 0.1) is 11.3 Å². The molecule has 0 aliphatic rings. The molecule has 0 saturated heterocycles. The Morgan fingerprint density at radius 3 is 2.18 bits per heavy atom. The molecule has 176 valence electrons. The molecule has 0 spiro atoms. The van der Waals surface area contributed by atoms with Crippen molar-refractivity contribution in [3.05, 3.63) is 93.0 Å². The van der Waals surface area contributed by atoms with E-state index in [2.05, 4.69) is 0 Å². The van der Waals surface area contributed by atoms with Crippen LogP contribution in [0.1, 0.15) is 47.8 Å². The molecule has 0 heterocycles. The molecule has 0 radical (unpaired) electrons. The van der Waals surface area contributed by atoms with Crippen LogP contribution in [-0.4, -0.2) is 19.5 Å². The van der Waals surface area contributed by atoms with Crippen LogP contribution in [0.15, 0.2) is 65.6 Å². The fourth-order valence-electron chi connectivity index (χ4n) is 3.69. The summed E-state index contributed by atoms with van der Waals surface area (Å²) < 4.78 is 29.0. The fourth-order valence-corrected chi connectivity index (χ4v) is 5.70. The van der Waals surface area contributed by atoms with Gasteiger partial charge in [-0.25, -0.2) is 13.2 Å². The van der Waals surface area contributed by atoms with Crippen molar-refractivity contribution in [2.45, 2.75) is 37.6 Å². The quantitative estimate of drug-likeness (QED) is 0.416. The molecular formula is C25H22Cl2N2O4S. The Labute approximate surface area is 209 Å². The van der Waals surface area contributed by atoms with Crippen molar-refractivity contribution < 1.29 is 18.3 Å². The molecule has 34 heavy (non-hydrogen) atoms. The van der Waals surface area contributed by atoms with E-state index in [1.807, 2.05) is 26.8 Å². The number of aromatic carboxylic acids is 1. The summed E-state index contributed by atoms with van der Waals surface area (Å²) in [5, 5.41) is 19.7. The van der Waals surface area contributed by atoms with Gasteiger partial charge < -0.3 is 5.11 Å². The number of hydrogen-bond donors (Lipinski definition) is 1. The number of benzene rings is 3. The maximum absolute atomic E-state index is 14.0. The number of rotatable bonds is 6. The van der Waals surface area contributed by atoms with E-state index in [9.17, 15) is 23.6 Å². The Hall–Kier alpha value is -3.05. The first-order valence-electron chi connectivity index (χ1n) is 10.2. The number of carbonyl (C=O) groups is 1. The van der Waals surface area contributed by atoms with Gasteiger partial charge in [-0.1, -0.05) is 62.2 Å². The molecule has 3 aromatic carbocycles. The predicted molar refractivity (Wildman–Crippen MR) is 133 cm³/mol. The summed E-state index contributed by atoms with van der Waals surface area (Å²) in [5.74, 6) is -1.17. The maximum Gasteiger partial charge on any atom is 0.336 e. The average Bonchev–Trinajstić information content (AvgIpc) is 2.77. The highest BCUT2D eigenvalue weighted by atomic mass is 35.5. The minimum absolute atomic E-state index is 0.0127. The molecule has 3 rings (SSSR count). The molecule has 9 heteroatoms. The third kappa shape index (κ3) is 5.05. The molecule has 0 bridgehead atoms. The molecule has 0 aliphatic carbocycles. The number of carboxylic acid groups (broad SMARTS) is 1. The highest BCUT2D eigenvalue weighted by Gasteiger charge is 2.33. The smallest absolute Gasteiger partial charge is 0.336 e. The van der Waals surface area contributed by atoms with Gasteiger partial charge in [-0.2, -0.15) is 5.26 Å². The lowest BCUT2D eigenvalue weighted by Gasteiger charge is -2.32. The normalized spacial score (nSPS) is 11.6. The number of carboxylic acids is 1. The molecular weight excluding hydrogens is 495 g/mol. The molecule has 3 aromatic rings. The molecule has 1 N–H and O–H groups in total. The summed E-state index contributed by atoms with van der Waals surface area (Å²) in [4.78, 5) is 12.0. The number of sulfonamides is 1. The molecule has 0 fully saturated rings. The van der Waals surface area contributed by atoms with E-state index in [4.69, 9.17) is 23.2 Å². The molecule has 0 saturated carbocycles. The lowest BCUT2D eigenvalue weighted by Crippen LogP contribution is -2.34. The van der Waals surface area contributed by atoms with Crippen LogP contribution in [0.5, 0.6) is 0 Å². The van der Waals surface area contributed by atoms with Gasteiger partial charge in [0.2, 0.25) is 0 Å².